The highest BCUT2D eigenvalue weighted by Gasteiger charge is 2.39. The molecule has 0 amide bonds. The molecule has 3 atom stereocenters. The van der Waals surface area contributed by atoms with Gasteiger partial charge in [-0.15, -0.1) is 6.58 Å². The van der Waals surface area contributed by atoms with E-state index in [0.717, 1.165) is 5.56 Å². The molecule has 0 spiro atoms. The van der Waals surface area contributed by atoms with Gasteiger partial charge < -0.3 is 0 Å². The molecule has 0 saturated carbocycles. The first-order valence-corrected chi connectivity index (χ1v) is 4.80. The van der Waals surface area contributed by atoms with E-state index in [2.05, 4.69) is 18.0 Å². The normalized spacial score (nSPS) is 28.9. The van der Waals surface area contributed by atoms with Crippen LogP contribution in [0.4, 0.5) is 4.39 Å². The van der Waals surface area contributed by atoms with Crippen molar-refractivity contribution in [3.8, 4) is 6.07 Å². The zero-order valence-corrected chi connectivity index (χ0v) is 8.15. The SMILES string of the molecule is C=CC1C(C#N)NC1c1ccc(F)cc1. The molecule has 76 valence electrons. The van der Waals surface area contributed by atoms with Crippen molar-refractivity contribution in [1.82, 2.24) is 5.32 Å². The zero-order valence-electron chi connectivity index (χ0n) is 8.15. The fraction of sp³-hybridized carbons (Fsp3) is 0.250. The molecule has 0 bridgehead atoms. The molecule has 3 heteroatoms. The first kappa shape index (κ1) is 9.88. The summed E-state index contributed by atoms with van der Waals surface area (Å²) >= 11 is 0. The van der Waals surface area contributed by atoms with E-state index in [4.69, 9.17) is 5.26 Å². The Labute approximate surface area is 88.0 Å². The molecule has 15 heavy (non-hydrogen) atoms. The van der Waals surface area contributed by atoms with E-state index in [1.54, 1.807) is 18.2 Å². The van der Waals surface area contributed by atoms with E-state index in [1.807, 2.05) is 0 Å². The molecule has 1 fully saturated rings. The second-order valence-electron chi connectivity index (χ2n) is 3.62. The summed E-state index contributed by atoms with van der Waals surface area (Å²) in [7, 11) is 0. The van der Waals surface area contributed by atoms with Crippen molar-refractivity contribution < 1.29 is 4.39 Å². The number of halogens is 1. The Morgan fingerprint density at radius 3 is 2.60 bits per heavy atom. The van der Waals surface area contributed by atoms with Crippen LogP contribution in [0.15, 0.2) is 36.9 Å². The lowest BCUT2D eigenvalue weighted by Crippen LogP contribution is -2.53. The topological polar surface area (TPSA) is 35.8 Å². The molecule has 1 N–H and O–H groups in total. The molecule has 1 aliphatic rings. The van der Waals surface area contributed by atoms with Gasteiger partial charge in [0.05, 0.1) is 6.07 Å². The van der Waals surface area contributed by atoms with Crippen LogP contribution in [0, 0.1) is 23.1 Å². The molecule has 1 aromatic carbocycles. The Morgan fingerprint density at radius 2 is 2.07 bits per heavy atom. The summed E-state index contributed by atoms with van der Waals surface area (Å²) in [5, 5.41) is 11.9. The maximum atomic E-state index is 12.7. The van der Waals surface area contributed by atoms with Gasteiger partial charge >= 0.3 is 0 Å². The van der Waals surface area contributed by atoms with Gasteiger partial charge in [0.2, 0.25) is 0 Å². The summed E-state index contributed by atoms with van der Waals surface area (Å²) in [4.78, 5) is 0. The Hall–Kier alpha value is -1.66. The fourth-order valence-corrected chi connectivity index (χ4v) is 1.87. The summed E-state index contributed by atoms with van der Waals surface area (Å²) < 4.78 is 12.7. The lowest BCUT2D eigenvalue weighted by Gasteiger charge is -2.41. The third-order valence-corrected chi connectivity index (χ3v) is 2.77. The van der Waals surface area contributed by atoms with Gasteiger partial charge in [0.15, 0.2) is 0 Å². The highest BCUT2D eigenvalue weighted by molar-refractivity contribution is 5.28. The third kappa shape index (κ3) is 1.64. The molecule has 0 aliphatic carbocycles. The van der Waals surface area contributed by atoms with Crippen LogP contribution in [0.1, 0.15) is 11.6 Å². The highest BCUT2D eigenvalue weighted by atomic mass is 19.1. The predicted molar refractivity (Wildman–Crippen MR) is 55.4 cm³/mol. The molecule has 2 rings (SSSR count). The van der Waals surface area contributed by atoms with Crippen LogP contribution < -0.4 is 5.32 Å². The summed E-state index contributed by atoms with van der Waals surface area (Å²) in [5.41, 5.74) is 0.993. The minimum Gasteiger partial charge on any atom is -0.294 e. The monoisotopic (exact) mass is 202 g/mol. The number of benzene rings is 1. The van der Waals surface area contributed by atoms with Crippen LogP contribution in [-0.2, 0) is 0 Å². The van der Waals surface area contributed by atoms with Gasteiger partial charge in [-0.05, 0) is 17.7 Å². The maximum Gasteiger partial charge on any atom is 0.123 e. The summed E-state index contributed by atoms with van der Waals surface area (Å²) in [5.74, 6) is -0.134. The van der Waals surface area contributed by atoms with Gasteiger partial charge in [0.25, 0.3) is 0 Å². The Kier molecular flexibility index (Phi) is 2.53. The Bertz CT molecular complexity index is 405. The molecular formula is C12H11FN2. The molecule has 0 radical (unpaired) electrons. The van der Waals surface area contributed by atoms with Crippen LogP contribution >= 0.6 is 0 Å². The quantitative estimate of drug-likeness (QED) is 0.746. The van der Waals surface area contributed by atoms with Gasteiger partial charge in [-0.1, -0.05) is 18.2 Å². The number of nitrogens with zero attached hydrogens (tertiary/aromatic N) is 1. The zero-order chi connectivity index (χ0) is 10.8. The van der Waals surface area contributed by atoms with Crippen molar-refractivity contribution in [2.24, 2.45) is 5.92 Å². The average molecular weight is 202 g/mol. The van der Waals surface area contributed by atoms with Crippen molar-refractivity contribution >= 4 is 0 Å². The molecule has 2 nitrogen and oxygen atoms in total. The van der Waals surface area contributed by atoms with Gasteiger partial charge in [-0.2, -0.15) is 5.26 Å². The minimum atomic E-state index is -0.245. The van der Waals surface area contributed by atoms with Crippen LogP contribution in [0.25, 0.3) is 0 Å². The number of nitrogens with one attached hydrogen (secondary N) is 1. The Morgan fingerprint density at radius 1 is 1.40 bits per heavy atom. The molecule has 1 saturated heterocycles. The van der Waals surface area contributed by atoms with Crippen LogP contribution in [0.3, 0.4) is 0 Å². The molecular weight excluding hydrogens is 191 g/mol. The van der Waals surface area contributed by atoms with Gasteiger partial charge in [0, 0.05) is 12.0 Å². The first-order chi connectivity index (χ1) is 7.26. The molecule has 3 unspecified atom stereocenters. The largest absolute Gasteiger partial charge is 0.294 e. The number of hydrogen-bond donors (Lipinski definition) is 1. The van der Waals surface area contributed by atoms with Crippen molar-refractivity contribution in [1.29, 1.82) is 5.26 Å². The van der Waals surface area contributed by atoms with E-state index in [0.29, 0.717) is 0 Å². The van der Waals surface area contributed by atoms with Crippen molar-refractivity contribution in [3.63, 3.8) is 0 Å². The smallest absolute Gasteiger partial charge is 0.123 e. The van der Waals surface area contributed by atoms with E-state index in [9.17, 15) is 4.39 Å². The van der Waals surface area contributed by atoms with E-state index in [-0.39, 0.29) is 23.8 Å². The summed E-state index contributed by atoms with van der Waals surface area (Å²) in [6.45, 7) is 3.71. The van der Waals surface area contributed by atoms with Gasteiger partial charge in [0.1, 0.15) is 11.9 Å². The molecule has 1 aromatic rings. The average Bonchev–Trinajstić information content (AvgIpc) is 2.21. The van der Waals surface area contributed by atoms with Crippen LogP contribution in [0.5, 0.6) is 0 Å². The molecule has 1 heterocycles. The van der Waals surface area contributed by atoms with Gasteiger partial charge in [-0.25, -0.2) is 4.39 Å². The highest BCUT2D eigenvalue weighted by Crippen LogP contribution is 2.34. The standard InChI is InChI=1S/C12H11FN2/c1-2-10-11(7-14)15-12(10)8-3-5-9(13)6-4-8/h2-6,10-12,15H,1H2. The third-order valence-electron chi connectivity index (χ3n) is 2.77. The predicted octanol–water partition coefficient (Wildman–Crippen LogP) is 2.16. The van der Waals surface area contributed by atoms with Crippen molar-refractivity contribution in [3.05, 3.63) is 48.3 Å². The second kappa shape index (κ2) is 3.84. The van der Waals surface area contributed by atoms with Crippen LogP contribution in [-0.4, -0.2) is 6.04 Å². The fourth-order valence-electron chi connectivity index (χ4n) is 1.87. The lowest BCUT2D eigenvalue weighted by atomic mass is 9.79. The van der Waals surface area contributed by atoms with Crippen molar-refractivity contribution in [2.75, 3.05) is 0 Å². The second-order valence-corrected chi connectivity index (χ2v) is 3.62. The minimum absolute atomic E-state index is 0.0905. The summed E-state index contributed by atoms with van der Waals surface area (Å²) in [6.07, 6.45) is 1.78. The van der Waals surface area contributed by atoms with E-state index >= 15 is 0 Å². The van der Waals surface area contributed by atoms with Crippen molar-refractivity contribution in [2.45, 2.75) is 12.1 Å². The number of hydrogen-bond acceptors (Lipinski definition) is 2. The van der Waals surface area contributed by atoms with Gasteiger partial charge in [-0.3, -0.25) is 5.32 Å². The maximum absolute atomic E-state index is 12.7. The van der Waals surface area contributed by atoms with E-state index < -0.39 is 0 Å². The Balaban J connectivity index is 2.17. The van der Waals surface area contributed by atoms with Crippen LogP contribution in [0.2, 0.25) is 0 Å². The molecule has 0 aromatic heterocycles. The summed E-state index contributed by atoms with van der Waals surface area (Å²) in [6, 6.07) is 8.40. The molecule has 1 aliphatic heterocycles. The first-order valence-electron chi connectivity index (χ1n) is 4.80. The lowest BCUT2D eigenvalue weighted by molar-refractivity contribution is 0.234. The number of nitriles is 1. The number of rotatable bonds is 2. The van der Waals surface area contributed by atoms with E-state index in [1.165, 1.54) is 12.1 Å².